The number of nitrogens with two attached hydrogens (primary N) is 1. The van der Waals surface area contributed by atoms with Gasteiger partial charge in [0.1, 0.15) is 6.29 Å². The minimum absolute atomic E-state index is 0.0130. The Labute approximate surface area is 263 Å². The van der Waals surface area contributed by atoms with Crippen molar-refractivity contribution < 1.29 is 28.9 Å². The molecule has 0 aromatic carbocycles. The Bertz CT molecular complexity index is 1190. The SMILES string of the molecule is C[C@@H]1CC(CC=O)OC2[C@H]1C1(C)CCC34CC35CC[C@H](O[C@H]3CN(C(=O)CC6CC6)CCO3)C(C)(C)C5CCC4[C@]1(N)[C@H]2O. The summed E-state index contributed by atoms with van der Waals surface area (Å²) in [6, 6.07) is 0. The van der Waals surface area contributed by atoms with Crippen LogP contribution < -0.4 is 5.73 Å². The van der Waals surface area contributed by atoms with Gasteiger partial charge in [-0.3, -0.25) is 4.79 Å². The Morgan fingerprint density at radius 1 is 1.07 bits per heavy atom. The van der Waals surface area contributed by atoms with Crippen LogP contribution >= 0.6 is 0 Å². The average molecular weight is 613 g/mol. The number of aliphatic hydroxyl groups is 1. The minimum Gasteiger partial charge on any atom is -0.388 e. The first-order valence-electron chi connectivity index (χ1n) is 18.0. The van der Waals surface area contributed by atoms with Crippen molar-refractivity contribution >= 4 is 12.2 Å². The maximum atomic E-state index is 12.8. The van der Waals surface area contributed by atoms with E-state index in [1.807, 2.05) is 4.90 Å². The summed E-state index contributed by atoms with van der Waals surface area (Å²) < 4.78 is 19.4. The normalized spacial score (nSPS) is 53.9. The first kappa shape index (κ1) is 30.3. The molecule has 44 heavy (non-hydrogen) atoms. The van der Waals surface area contributed by atoms with Gasteiger partial charge < -0.3 is 34.7 Å². The van der Waals surface area contributed by atoms with Crippen LogP contribution in [-0.2, 0) is 23.8 Å². The van der Waals surface area contributed by atoms with Crippen molar-refractivity contribution in [2.45, 2.75) is 141 Å². The Balaban J connectivity index is 1.01. The molecule has 0 aromatic heterocycles. The van der Waals surface area contributed by atoms with Crippen LogP contribution in [-0.4, -0.2) is 78.1 Å². The van der Waals surface area contributed by atoms with Crippen molar-refractivity contribution in [3.63, 3.8) is 0 Å². The number of aldehydes is 1. The monoisotopic (exact) mass is 612 g/mol. The van der Waals surface area contributed by atoms with E-state index in [0.717, 1.165) is 44.8 Å². The molecule has 0 bridgehead atoms. The van der Waals surface area contributed by atoms with Gasteiger partial charge >= 0.3 is 0 Å². The number of nitrogens with zero attached hydrogens (tertiary/aromatic N) is 1. The van der Waals surface area contributed by atoms with Crippen LogP contribution in [0.4, 0.5) is 0 Å². The molecule has 3 N–H and O–H groups in total. The third kappa shape index (κ3) is 3.93. The number of carbonyl (C=O) groups excluding carboxylic acids is 2. The molecule has 13 atom stereocenters. The lowest BCUT2D eigenvalue weighted by molar-refractivity contribution is -0.245. The minimum atomic E-state index is -0.701. The molecule has 0 aromatic rings. The molecule has 8 nitrogen and oxygen atoms in total. The Hall–Kier alpha value is -1.06. The van der Waals surface area contributed by atoms with E-state index in [4.69, 9.17) is 19.9 Å². The number of rotatable bonds is 6. The predicted octanol–water partition coefficient (Wildman–Crippen LogP) is 4.45. The molecular weight excluding hydrogens is 556 g/mol. The molecule has 8 rings (SSSR count). The fourth-order valence-corrected chi connectivity index (χ4v) is 13.3. The number of aliphatic hydroxyl groups excluding tert-OH is 1. The highest BCUT2D eigenvalue weighted by atomic mass is 16.7. The van der Waals surface area contributed by atoms with E-state index in [1.165, 1.54) is 25.7 Å². The third-order valence-electron chi connectivity index (χ3n) is 15.5. The lowest BCUT2D eigenvalue weighted by atomic mass is 9.43. The van der Waals surface area contributed by atoms with Gasteiger partial charge in [-0.2, -0.15) is 0 Å². The van der Waals surface area contributed by atoms with Gasteiger partial charge in [-0.1, -0.05) is 27.7 Å². The summed E-state index contributed by atoms with van der Waals surface area (Å²) in [5, 5.41) is 12.2. The van der Waals surface area contributed by atoms with E-state index < -0.39 is 11.6 Å². The second-order valence-electron chi connectivity index (χ2n) is 17.6. The van der Waals surface area contributed by atoms with Crippen LogP contribution in [0.2, 0.25) is 0 Å². The number of ether oxygens (including phenoxy) is 3. The van der Waals surface area contributed by atoms with Gasteiger partial charge in [0, 0.05) is 19.4 Å². The molecule has 7 unspecified atom stereocenters. The number of hydrogen-bond acceptors (Lipinski definition) is 7. The standard InChI is InChI=1S/C36H56N2O6/c1-21-17-23(10-15-39)43-30-29(21)33(4)12-13-35-20-34(35)11-9-26(32(2,3)24(34)7-8-25(35)36(33,37)31(30)41)44-28-19-38(14-16-42-28)27(40)18-22-5-6-22/h15,21-26,28-31,41H,5-14,16-20,37H2,1-4H3/t21-,23?,24?,25?,26+,28+,29+,30?,31+,33?,34?,35?,36+/m1/s1. The molecule has 0 radical (unpaired) electrons. The smallest absolute Gasteiger partial charge is 0.223 e. The predicted molar refractivity (Wildman–Crippen MR) is 164 cm³/mol. The number of hydrogen-bond donors (Lipinski definition) is 2. The maximum Gasteiger partial charge on any atom is 0.223 e. The van der Waals surface area contributed by atoms with E-state index in [-0.39, 0.29) is 64.0 Å². The first-order chi connectivity index (χ1) is 20.9. The molecular formula is C36H56N2O6. The van der Waals surface area contributed by atoms with Gasteiger partial charge in [0.05, 0.1) is 43.1 Å². The Morgan fingerprint density at radius 2 is 1.82 bits per heavy atom. The maximum absolute atomic E-state index is 12.8. The lowest BCUT2D eigenvalue weighted by Crippen LogP contribution is -2.70. The summed E-state index contributed by atoms with van der Waals surface area (Å²) in [5.41, 5.74) is 7.26. The summed E-state index contributed by atoms with van der Waals surface area (Å²) >= 11 is 0. The molecule has 6 saturated carbocycles. The van der Waals surface area contributed by atoms with Gasteiger partial charge in [0.15, 0.2) is 6.29 Å². The molecule has 8 aliphatic rings. The zero-order chi connectivity index (χ0) is 30.9. The van der Waals surface area contributed by atoms with E-state index >= 15 is 0 Å². The molecule has 6 aliphatic carbocycles. The van der Waals surface area contributed by atoms with Crippen LogP contribution in [0, 0.1) is 51.2 Å². The second kappa shape index (κ2) is 9.98. The van der Waals surface area contributed by atoms with Crippen molar-refractivity contribution in [2.75, 3.05) is 19.7 Å². The van der Waals surface area contributed by atoms with Crippen LogP contribution in [0.5, 0.6) is 0 Å². The lowest BCUT2D eigenvalue weighted by Gasteiger charge is -2.63. The zero-order valence-corrected chi connectivity index (χ0v) is 27.5. The average Bonchev–Trinajstić information content (AvgIpc) is 3.90. The van der Waals surface area contributed by atoms with Crippen molar-refractivity contribution in [1.29, 1.82) is 0 Å². The topological polar surface area (TPSA) is 111 Å². The highest BCUT2D eigenvalue weighted by Gasteiger charge is 2.85. The number of amides is 1. The van der Waals surface area contributed by atoms with Crippen LogP contribution in [0.15, 0.2) is 0 Å². The van der Waals surface area contributed by atoms with E-state index in [9.17, 15) is 14.7 Å². The van der Waals surface area contributed by atoms with Crippen LogP contribution in [0.25, 0.3) is 0 Å². The first-order valence-corrected chi connectivity index (χ1v) is 18.0. The van der Waals surface area contributed by atoms with Crippen LogP contribution in [0.3, 0.4) is 0 Å². The number of fused-ring (bicyclic) bond motifs is 4. The van der Waals surface area contributed by atoms with E-state index in [0.29, 0.717) is 50.3 Å². The fourth-order valence-electron chi connectivity index (χ4n) is 13.3. The quantitative estimate of drug-likeness (QED) is 0.427. The number of carbonyl (C=O) groups is 2. The van der Waals surface area contributed by atoms with Gasteiger partial charge in [0.25, 0.3) is 0 Å². The van der Waals surface area contributed by atoms with Gasteiger partial charge in [0.2, 0.25) is 5.91 Å². The highest BCUT2D eigenvalue weighted by Crippen LogP contribution is 2.87. The Morgan fingerprint density at radius 3 is 2.57 bits per heavy atom. The summed E-state index contributed by atoms with van der Waals surface area (Å²) in [6.45, 7) is 11.3. The second-order valence-corrected chi connectivity index (χ2v) is 17.6. The number of morpholine rings is 1. The molecule has 2 saturated heterocycles. The van der Waals surface area contributed by atoms with Gasteiger partial charge in [-0.25, -0.2) is 0 Å². The summed E-state index contributed by atoms with van der Waals surface area (Å²) in [7, 11) is 0. The largest absolute Gasteiger partial charge is 0.388 e. The van der Waals surface area contributed by atoms with Crippen molar-refractivity contribution in [2.24, 2.45) is 57.0 Å². The van der Waals surface area contributed by atoms with Gasteiger partial charge in [-0.15, -0.1) is 0 Å². The highest BCUT2D eigenvalue weighted by molar-refractivity contribution is 5.76. The fraction of sp³-hybridized carbons (Fsp3) is 0.944. The molecule has 2 heterocycles. The van der Waals surface area contributed by atoms with Crippen molar-refractivity contribution in [1.82, 2.24) is 4.90 Å². The molecule has 2 spiro atoms. The van der Waals surface area contributed by atoms with Gasteiger partial charge in [-0.05, 0) is 115 Å². The molecule has 8 heteroatoms. The molecule has 8 fully saturated rings. The van der Waals surface area contributed by atoms with E-state index in [2.05, 4.69) is 27.7 Å². The van der Waals surface area contributed by atoms with E-state index in [1.54, 1.807) is 0 Å². The molecule has 246 valence electrons. The summed E-state index contributed by atoms with van der Waals surface area (Å²) in [4.78, 5) is 26.2. The molecule has 2 aliphatic heterocycles. The van der Waals surface area contributed by atoms with Crippen LogP contribution in [0.1, 0.15) is 105 Å². The van der Waals surface area contributed by atoms with Crippen molar-refractivity contribution in [3.8, 4) is 0 Å². The summed E-state index contributed by atoms with van der Waals surface area (Å²) in [6.07, 6.45) is 11.7. The zero-order valence-electron chi connectivity index (χ0n) is 27.5. The Kier molecular flexibility index (Phi) is 6.87. The summed E-state index contributed by atoms with van der Waals surface area (Å²) in [5.74, 6) is 2.28. The molecule has 1 amide bonds. The third-order valence-corrected chi connectivity index (χ3v) is 15.5. The van der Waals surface area contributed by atoms with Crippen molar-refractivity contribution in [3.05, 3.63) is 0 Å².